The van der Waals surface area contributed by atoms with Gasteiger partial charge in [0, 0.05) is 30.1 Å². The number of benzene rings is 1. The molecular formula is C15H17N3O3. The predicted octanol–water partition coefficient (Wildman–Crippen LogP) is 2.10. The van der Waals surface area contributed by atoms with Gasteiger partial charge in [0.2, 0.25) is 5.91 Å². The van der Waals surface area contributed by atoms with Crippen LogP contribution in [-0.4, -0.2) is 15.4 Å². The molecule has 0 atom stereocenters. The van der Waals surface area contributed by atoms with Gasteiger partial charge >= 0.3 is 0 Å². The number of amides is 1. The summed E-state index contributed by atoms with van der Waals surface area (Å²) >= 11 is 0. The topological polar surface area (TPSA) is 77.2 Å². The minimum Gasteiger partial charge on any atom is -0.350 e. The number of carbonyl (C=O) groups is 1. The molecule has 1 aromatic carbocycles. The molecule has 0 spiro atoms. The van der Waals surface area contributed by atoms with Crippen molar-refractivity contribution in [2.45, 2.75) is 19.9 Å². The van der Waals surface area contributed by atoms with E-state index >= 15 is 0 Å². The smallest absolute Gasteiger partial charge is 0.273 e. The summed E-state index contributed by atoms with van der Waals surface area (Å²) in [7, 11) is 1.93. The lowest BCUT2D eigenvalue weighted by Crippen LogP contribution is -2.25. The van der Waals surface area contributed by atoms with Crippen LogP contribution in [0, 0.1) is 17.0 Å². The first-order valence-electron chi connectivity index (χ1n) is 6.59. The molecule has 0 bridgehead atoms. The summed E-state index contributed by atoms with van der Waals surface area (Å²) in [5.41, 5.74) is 2.49. The Hall–Kier alpha value is -2.63. The summed E-state index contributed by atoms with van der Waals surface area (Å²) in [4.78, 5) is 22.4. The molecule has 6 heteroatoms. The molecule has 1 N–H and O–H groups in total. The van der Waals surface area contributed by atoms with E-state index in [2.05, 4.69) is 5.32 Å². The van der Waals surface area contributed by atoms with E-state index in [0.717, 1.165) is 11.4 Å². The molecule has 110 valence electrons. The highest BCUT2D eigenvalue weighted by atomic mass is 16.6. The lowest BCUT2D eigenvalue weighted by Gasteiger charge is -2.08. The maximum Gasteiger partial charge on any atom is 0.273 e. The Morgan fingerprint density at radius 3 is 2.62 bits per heavy atom. The zero-order chi connectivity index (χ0) is 15.4. The van der Waals surface area contributed by atoms with Crippen molar-refractivity contribution in [3.63, 3.8) is 0 Å². The second-order valence-corrected chi connectivity index (χ2v) is 4.86. The molecular weight excluding hydrogens is 270 g/mol. The fourth-order valence-corrected chi connectivity index (χ4v) is 2.11. The van der Waals surface area contributed by atoms with Gasteiger partial charge < -0.3 is 9.88 Å². The standard InChI is InChI=1S/C15H17N3O3/c1-11-7-8-13(17(11)2)10-16-15(19)9-12-5-3-4-6-14(12)18(20)21/h3-8H,9-10H2,1-2H3,(H,16,19). The fourth-order valence-electron chi connectivity index (χ4n) is 2.11. The van der Waals surface area contributed by atoms with Gasteiger partial charge in [0.25, 0.3) is 5.69 Å². The van der Waals surface area contributed by atoms with Crippen molar-refractivity contribution < 1.29 is 9.72 Å². The number of nitrogens with one attached hydrogen (secondary N) is 1. The van der Waals surface area contributed by atoms with Crippen LogP contribution in [0.1, 0.15) is 17.0 Å². The summed E-state index contributed by atoms with van der Waals surface area (Å²) in [5, 5.41) is 13.7. The third-order valence-corrected chi connectivity index (χ3v) is 3.48. The molecule has 0 aliphatic carbocycles. The predicted molar refractivity (Wildman–Crippen MR) is 78.8 cm³/mol. The van der Waals surface area contributed by atoms with Crippen LogP contribution >= 0.6 is 0 Å². The Kier molecular flexibility index (Phi) is 4.37. The molecule has 0 radical (unpaired) electrons. The number of aryl methyl sites for hydroxylation is 1. The minimum absolute atomic E-state index is 0.000554. The third-order valence-electron chi connectivity index (χ3n) is 3.48. The number of hydrogen-bond donors (Lipinski definition) is 1. The number of hydrogen-bond acceptors (Lipinski definition) is 3. The van der Waals surface area contributed by atoms with Crippen molar-refractivity contribution in [2.75, 3.05) is 0 Å². The van der Waals surface area contributed by atoms with E-state index in [4.69, 9.17) is 0 Å². The molecule has 0 saturated heterocycles. The number of rotatable bonds is 5. The molecule has 0 unspecified atom stereocenters. The molecule has 2 rings (SSSR count). The minimum atomic E-state index is -0.469. The highest BCUT2D eigenvalue weighted by Crippen LogP contribution is 2.18. The highest BCUT2D eigenvalue weighted by molar-refractivity contribution is 5.79. The summed E-state index contributed by atoms with van der Waals surface area (Å²) in [6.07, 6.45) is 0.000554. The zero-order valence-corrected chi connectivity index (χ0v) is 12.0. The summed E-state index contributed by atoms with van der Waals surface area (Å²) in [5.74, 6) is -0.233. The van der Waals surface area contributed by atoms with E-state index in [9.17, 15) is 14.9 Å². The molecule has 0 fully saturated rings. The first kappa shape index (κ1) is 14.8. The van der Waals surface area contributed by atoms with Gasteiger partial charge in [0.1, 0.15) is 0 Å². The zero-order valence-electron chi connectivity index (χ0n) is 12.0. The van der Waals surface area contributed by atoms with E-state index in [1.54, 1.807) is 18.2 Å². The maximum atomic E-state index is 11.9. The Labute approximate surface area is 122 Å². The van der Waals surface area contributed by atoms with Crippen LogP contribution < -0.4 is 5.32 Å². The molecule has 0 aliphatic rings. The average Bonchev–Trinajstić information content (AvgIpc) is 2.77. The number of para-hydroxylation sites is 1. The van der Waals surface area contributed by atoms with Crippen molar-refractivity contribution in [1.82, 2.24) is 9.88 Å². The first-order valence-corrected chi connectivity index (χ1v) is 6.59. The Balaban J connectivity index is 1.99. The monoisotopic (exact) mass is 287 g/mol. The molecule has 0 aliphatic heterocycles. The summed E-state index contributed by atoms with van der Waals surface area (Å²) < 4.78 is 1.99. The summed E-state index contributed by atoms with van der Waals surface area (Å²) in [6, 6.07) is 10.2. The van der Waals surface area contributed by atoms with E-state index in [-0.39, 0.29) is 18.0 Å². The van der Waals surface area contributed by atoms with E-state index in [1.165, 1.54) is 6.07 Å². The molecule has 6 nitrogen and oxygen atoms in total. The first-order chi connectivity index (χ1) is 9.99. The molecule has 1 heterocycles. The fraction of sp³-hybridized carbons (Fsp3) is 0.267. The number of aromatic nitrogens is 1. The van der Waals surface area contributed by atoms with Crippen molar-refractivity contribution in [2.24, 2.45) is 7.05 Å². The van der Waals surface area contributed by atoms with Crippen molar-refractivity contribution in [3.05, 3.63) is 63.5 Å². The van der Waals surface area contributed by atoms with Crippen molar-refractivity contribution in [3.8, 4) is 0 Å². The second kappa shape index (κ2) is 6.21. The van der Waals surface area contributed by atoms with Gasteiger partial charge in [0.15, 0.2) is 0 Å². The van der Waals surface area contributed by atoms with E-state index in [0.29, 0.717) is 12.1 Å². The normalized spacial score (nSPS) is 10.4. The highest BCUT2D eigenvalue weighted by Gasteiger charge is 2.15. The van der Waals surface area contributed by atoms with Crippen LogP contribution in [0.4, 0.5) is 5.69 Å². The van der Waals surface area contributed by atoms with Crippen LogP contribution in [0.3, 0.4) is 0 Å². The van der Waals surface area contributed by atoms with Gasteiger partial charge in [-0.05, 0) is 19.1 Å². The molecule has 2 aromatic rings. The average molecular weight is 287 g/mol. The van der Waals surface area contributed by atoms with Crippen LogP contribution in [0.5, 0.6) is 0 Å². The van der Waals surface area contributed by atoms with Crippen molar-refractivity contribution in [1.29, 1.82) is 0 Å². The second-order valence-electron chi connectivity index (χ2n) is 4.86. The molecule has 0 saturated carbocycles. The van der Waals surface area contributed by atoms with Gasteiger partial charge in [-0.2, -0.15) is 0 Å². The SMILES string of the molecule is Cc1ccc(CNC(=O)Cc2ccccc2[N+](=O)[O-])n1C. The van der Waals surface area contributed by atoms with E-state index in [1.807, 2.05) is 30.7 Å². The number of nitro groups is 1. The Bertz CT molecular complexity index is 677. The van der Waals surface area contributed by atoms with Crippen LogP contribution in [0.2, 0.25) is 0 Å². The summed E-state index contributed by atoms with van der Waals surface area (Å²) in [6.45, 7) is 2.39. The van der Waals surface area contributed by atoms with Crippen LogP contribution in [0.25, 0.3) is 0 Å². The largest absolute Gasteiger partial charge is 0.350 e. The number of nitro benzene ring substituents is 1. The van der Waals surface area contributed by atoms with Gasteiger partial charge in [-0.1, -0.05) is 18.2 Å². The molecule has 21 heavy (non-hydrogen) atoms. The molecule has 1 aromatic heterocycles. The Morgan fingerprint density at radius 2 is 2.00 bits per heavy atom. The Morgan fingerprint density at radius 1 is 1.29 bits per heavy atom. The quantitative estimate of drug-likeness (QED) is 0.675. The van der Waals surface area contributed by atoms with Crippen LogP contribution in [-0.2, 0) is 24.8 Å². The number of carbonyl (C=O) groups excluding carboxylic acids is 1. The third kappa shape index (κ3) is 3.47. The van der Waals surface area contributed by atoms with Gasteiger partial charge in [-0.15, -0.1) is 0 Å². The van der Waals surface area contributed by atoms with Gasteiger partial charge in [-0.25, -0.2) is 0 Å². The van der Waals surface area contributed by atoms with Gasteiger partial charge in [-0.3, -0.25) is 14.9 Å². The molecule has 1 amide bonds. The van der Waals surface area contributed by atoms with Crippen molar-refractivity contribution >= 4 is 11.6 Å². The maximum absolute atomic E-state index is 11.9. The van der Waals surface area contributed by atoms with Crippen LogP contribution in [0.15, 0.2) is 36.4 Å². The van der Waals surface area contributed by atoms with Gasteiger partial charge in [0.05, 0.1) is 17.9 Å². The lowest BCUT2D eigenvalue weighted by molar-refractivity contribution is -0.385. The lowest BCUT2D eigenvalue weighted by atomic mass is 10.1. The number of nitrogens with zero attached hydrogens (tertiary/aromatic N) is 2. The van der Waals surface area contributed by atoms with E-state index < -0.39 is 4.92 Å².